The summed E-state index contributed by atoms with van der Waals surface area (Å²) in [6, 6.07) is 5.83. The number of rotatable bonds is 5. The quantitative estimate of drug-likeness (QED) is 0.372. The van der Waals surface area contributed by atoms with E-state index in [1.54, 1.807) is 0 Å². The number of halogens is 1. The van der Waals surface area contributed by atoms with Gasteiger partial charge in [-0.05, 0) is 44.1 Å². The molecule has 1 aliphatic heterocycles. The van der Waals surface area contributed by atoms with Crippen LogP contribution in [-0.4, -0.2) is 49.2 Å². The van der Waals surface area contributed by atoms with Crippen LogP contribution in [-0.2, 0) is 0 Å². The highest BCUT2D eigenvalue weighted by Crippen LogP contribution is 2.24. The molecule has 0 amide bonds. The molecule has 1 saturated heterocycles. The molecule has 0 radical (unpaired) electrons. The average Bonchev–Trinajstić information content (AvgIpc) is 2.97. The molecule has 1 aromatic rings. The van der Waals surface area contributed by atoms with Gasteiger partial charge in [0, 0.05) is 35.9 Å². The van der Waals surface area contributed by atoms with Crippen molar-refractivity contribution >= 4 is 27.5 Å². The van der Waals surface area contributed by atoms with E-state index >= 15 is 0 Å². The maximum absolute atomic E-state index is 8.91. The predicted molar refractivity (Wildman–Crippen MR) is 85.6 cm³/mol. The van der Waals surface area contributed by atoms with Crippen molar-refractivity contribution in [3.05, 3.63) is 28.2 Å². The number of nitrogens with two attached hydrogens (primary N) is 1. The Labute approximate surface area is 128 Å². The van der Waals surface area contributed by atoms with Gasteiger partial charge >= 0.3 is 0 Å². The third kappa shape index (κ3) is 3.64. The molecule has 1 aliphatic rings. The van der Waals surface area contributed by atoms with Crippen LogP contribution in [0.25, 0.3) is 0 Å². The number of likely N-dealkylation sites (N-methyl/N-ethyl adjacent to an activating group) is 1. The first-order valence-corrected chi connectivity index (χ1v) is 7.62. The summed E-state index contributed by atoms with van der Waals surface area (Å²) < 4.78 is 0.913. The summed E-state index contributed by atoms with van der Waals surface area (Å²) in [5.74, 6) is 0.134. The van der Waals surface area contributed by atoms with E-state index < -0.39 is 0 Å². The maximum Gasteiger partial charge on any atom is 0.172 e. The lowest BCUT2D eigenvalue weighted by molar-refractivity contribution is 0.318. The summed E-state index contributed by atoms with van der Waals surface area (Å²) in [6.07, 6.45) is 2.61. The summed E-state index contributed by atoms with van der Waals surface area (Å²) >= 11 is 3.42. The van der Waals surface area contributed by atoms with Crippen LogP contribution in [0, 0.1) is 0 Å². The van der Waals surface area contributed by atoms with E-state index in [9.17, 15) is 0 Å². The minimum atomic E-state index is 0.134. The highest BCUT2D eigenvalue weighted by Gasteiger charge is 2.15. The summed E-state index contributed by atoms with van der Waals surface area (Å²) in [6.45, 7) is 4.36. The van der Waals surface area contributed by atoms with Gasteiger partial charge in [0.15, 0.2) is 5.84 Å². The predicted octanol–water partition coefficient (Wildman–Crippen LogP) is 2.08. The Morgan fingerprint density at radius 2 is 2.15 bits per heavy atom. The van der Waals surface area contributed by atoms with Crippen LogP contribution >= 0.6 is 15.9 Å². The van der Waals surface area contributed by atoms with Gasteiger partial charge in [0.05, 0.1) is 0 Å². The number of oxime groups is 1. The molecule has 6 heteroatoms. The molecular weight excluding hydrogens is 320 g/mol. The van der Waals surface area contributed by atoms with Crippen LogP contribution in [0.2, 0.25) is 0 Å². The number of anilines is 1. The van der Waals surface area contributed by atoms with Crippen molar-refractivity contribution in [1.82, 2.24) is 4.90 Å². The zero-order valence-electron chi connectivity index (χ0n) is 11.7. The van der Waals surface area contributed by atoms with Crippen LogP contribution in [0.1, 0.15) is 18.4 Å². The van der Waals surface area contributed by atoms with Gasteiger partial charge in [0.1, 0.15) is 0 Å². The van der Waals surface area contributed by atoms with Gasteiger partial charge in [-0.25, -0.2) is 0 Å². The average molecular weight is 341 g/mol. The van der Waals surface area contributed by atoms with E-state index in [4.69, 9.17) is 10.9 Å². The van der Waals surface area contributed by atoms with Gasteiger partial charge in [-0.2, -0.15) is 0 Å². The second-order valence-corrected chi connectivity index (χ2v) is 6.03. The highest BCUT2D eigenvalue weighted by atomic mass is 79.9. The zero-order chi connectivity index (χ0) is 14.5. The fourth-order valence-corrected chi connectivity index (χ4v) is 2.88. The Hall–Kier alpha value is -1.27. The third-order valence-corrected chi connectivity index (χ3v) is 4.20. The van der Waals surface area contributed by atoms with Gasteiger partial charge in [-0.3, -0.25) is 0 Å². The van der Waals surface area contributed by atoms with Gasteiger partial charge < -0.3 is 20.7 Å². The van der Waals surface area contributed by atoms with Crippen molar-refractivity contribution in [3.63, 3.8) is 0 Å². The minimum Gasteiger partial charge on any atom is -0.409 e. The molecular formula is C14H21BrN4O. The zero-order valence-corrected chi connectivity index (χ0v) is 13.3. The Morgan fingerprint density at radius 1 is 1.45 bits per heavy atom. The Morgan fingerprint density at radius 3 is 2.80 bits per heavy atom. The van der Waals surface area contributed by atoms with E-state index in [0.717, 1.165) is 28.8 Å². The second-order valence-electron chi connectivity index (χ2n) is 5.12. The normalized spacial score (nSPS) is 16.6. The smallest absolute Gasteiger partial charge is 0.172 e. The Bertz CT molecular complexity index is 486. The second kappa shape index (κ2) is 6.95. The number of likely N-dealkylation sites (tertiary alicyclic amines) is 1. The van der Waals surface area contributed by atoms with Crippen LogP contribution in [0.15, 0.2) is 27.8 Å². The Balaban J connectivity index is 2.09. The minimum absolute atomic E-state index is 0.134. The first kappa shape index (κ1) is 15.1. The van der Waals surface area contributed by atoms with E-state index in [1.807, 2.05) is 25.2 Å². The summed E-state index contributed by atoms with van der Waals surface area (Å²) in [5, 5.41) is 12.0. The number of benzene rings is 1. The molecule has 0 aromatic heterocycles. The van der Waals surface area contributed by atoms with Crippen molar-refractivity contribution in [2.24, 2.45) is 10.9 Å². The lowest BCUT2D eigenvalue weighted by atomic mass is 10.1. The number of nitrogens with zero attached hydrogens (tertiary/aromatic N) is 3. The lowest BCUT2D eigenvalue weighted by Gasteiger charge is -2.25. The third-order valence-electron chi connectivity index (χ3n) is 3.70. The standard InChI is InChI=1S/C14H21BrN4O/c1-18(8-9-19-6-2-3-7-19)13-5-4-11(15)10-12(13)14(16)17-20/h4-5,10,20H,2-3,6-9H2,1H3,(H2,16,17). The summed E-state index contributed by atoms with van der Waals surface area (Å²) in [5.41, 5.74) is 7.48. The molecule has 0 bridgehead atoms. The fraction of sp³-hybridized carbons (Fsp3) is 0.500. The van der Waals surface area contributed by atoms with Gasteiger partial charge in [-0.1, -0.05) is 21.1 Å². The largest absolute Gasteiger partial charge is 0.409 e. The number of hydrogen-bond acceptors (Lipinski definition) is 4. The number of hydrogen-bond donors (Lipinski definition) is 2. The molecule has 1 aromatic carbocycles. The summed E-state index contributed by atoms with van der Waals surface area (Å²) in [7, 11) is 2.04. The van der Waals surface area contributed by atoms with Crippen LogP contribution in [0.4, 0.5) is 5.69 Å². The van der Waals surface area contributed by atoms with Crippen molar-refractivity contribution < 1.29 is 5.21 Å². The van der Waals surface area contributed by atoms with Crippen LogP contribution < -0.4 is 10.6 Å². The van der Waals surface area contributed by atoms with Gasteiger partial charge in [0.25, 0.3) is 0 Å². The van der Waals surface area contributed by atoms with Gasteiger partial charge in [-0.15, -0.1) is 0 Å². The monoisotopic (exact) mass is 340 g/mol. The van der Waals surface area contributed by atoms with E-state index in [2.05, 4.69) is 30.9 Å². The first-order valence-electron chi connectivity index (χ1n) is 6.83. The SMILES string of the molecule is CN(CCN1CCCC1)c1ccc(Br)cc1/C(N)=N/O. The van der Waals surface area contributed by atoms with Crippen molar-refractivity contribution in [2.45, 2.75) is 12.8 Å². The molecule has 20 heavy (non-hydrogen) atoms. The van der Waals surface area contributed by atoms with E-state index in [-0.39, 0.29) is 5.84 Å². The van der Waals surface area contributed by atoms with E-state index in [1.165, 1.54) is 25.9 Å². The molecule has 0 saturated carbocycles. The molecule has 0 atom stereocenters. The Kier molecular flexibility index (Phi) is 5.25. The number of amidine groups is 1. The molecule has 3 N–H and O–H groups in total. The van der Waals surface area contributed by atoms with Crippen LogP contribution in [0.5, 0.6) is 0 Å². The molecule has 0 unspecified atom stereocenters. The molecule has 1 fully saturated rings. The van der Waals surface area contributed by atoms with E-state index in [0.29, 0.717) is 0 Å². The lowest BCUT2D eigenvalue weighted by Crippen LogP contribution is -2.32. The molecule has 5 nitrogen and oxygen atoms in total. The molecule has 0 spiro atoms. The van der Waals surface area contributed by atoms with Gasteiger partial charge in [0.2, 0.25) is 0 Å². The highest BCUT2D eigenvalue weighted by molar-refractivity contribution is 9.10. The molecule has 1 heterocycles. The molecule has 110 valence electrons. The van der Waals surface area contributed by atoms with Crippen molar-refractivity contribution in [3.8, 4) is 0 Å². The fourth-order valence-electron chi connectivity index (χ4n) is 2.52. The summed E-state index contributed by atoms with van der Waals surface area (Å²) in [4.78, 5) is 4.62. The van der Waals surface area contributed by atoms with Crippen molar-refractivity contribution in [1.29, 1.82) is 0 Å². The van der Waals surface area contributed by atoms with Crippen LogP contribution in [0.3, 0.4) is 0 Å². The van der Waals surface area contributed by atoms with Crippen molar-refractivity contribution in [2.75, 3.05) is 38.1 Å². The topological polar surface area (TPSA) is 65.1 Å². The molecule has 0 aliphatic carbocycles. The molecule has 2 rings (SSSR count). The maximum atomic E-state index is 8.91. The first-order chi connectivity index (χ1) is 9.61.